The Kier molecular flexibility index (Phi) is 9.05. The first-order chi connectivity index (χ1) is 18.9. The smallest absolute Gasteiger partial charge is 0.478 e. The number of likely N-dealkylation sites (tertiary alicyclic amines) is 1. The number of halogens is 4. The van der Waals surface area contributed by atoms with E-state index in [2.05, 4.69) is 15.0 Å². The van der Waals surface area contributed by atoms with Gasteiger partial charge in [0.2, 0.25) is 0 Å². The van der Waals surface area contributed by atoms with Crippen LogP contribution in [0.25, 0.3) is 0 Å². The predicted molar refractivity (Wildman–Crippen MR) is 146 cm³/mol. The van der Waals surface area contributed by atoms with E-state index in [1.807, 2.05) is 0 Å². The maximum atomic E-state index is 13.0. The van der Waals surface area contributed by atoms with Crippen molar-refractivity contribution in [2.75, 3.05) is 13.1 Å². The van der Waals surface area contributed by atoms with Gasteiger partial charge in [-0.15, -0.1) is 13.2 Å². The summed E-state index contributed by atoms with van der Waals surface area (Å²) in [4.78, 5) is 27.9. The highest BCUT2D eigenvalue weighted by Gasteiger charge is 2.33. The van der Waals surface area contributed by atoms with Gasteiger partial charge in [0.25, 0.3) is 5.91 Å². The fourth-order valence-corrected chi connectivity index (χ4v) is 4.56. The van der Waals surface area contributed by atoms with Gasteiger partial charge in [0.1, 0.15) is 11.5 Å². The molecule has 212 valence electrons. The van der Waals surface area contributed by atoms with Crippen LogP contribution in [0.5, 0.6) is 11.5 Å². The lowest BCUT2D eigenvalue weighted by Gasteiger charge is -2.34. The summed E-state index contributed by atoms with van der Waals surface area (Å²) in [5.74, 6) is -0.161. The second-order valence-electron chi connectivity index (χ2n) is 10.2. The number of ether oxygens (including phenoxy) is 2. The van der Waals surface area contributed by atoms with Crippen molar-refractivity contribution in [3.8, 4) is 11.5 Å². The van der Waals surface area contributed by atoms with Crippen molar-refractivity contribution >= 4 is 23.3 Å². The number of piperidine rings is 1. The van der Waals surface area contributed by atoms with Gasteiger partial charge >= 0.3 is 6.36 Å². The molecule has 0 aromatic heterocycles. The average molecular weight is 575 g/mol. The van der Waals surface area contributed by atoms with Gasteiger partial charge in [-0.05, 0) is 92.9 Å². The van der Waals surface area contributed by atoms with Gasteiger partial charge in [-0.3, -0.25) is 14.5 Å². The third-order valence-electron chi connectivity index (χ3n) is 6.63. The molecule has 3 aromatic rings. The summed E-state index contributed by atoms with van der Waals surface area (Å²) in [7, 11) is 0. The highest BCUT2D eigenvalue weighted by Crippen LogP contribution is 2.25. The van der Waals surface area contributed by atoms with Crippen molar-refractivity contribution in [3.05, 3.63) is 94.5 Å². The summed E-state index contributed by atoms with van der Waals surface area (Å²) in [5.41, 5.74) is 0.762. The topological polar surface area (TPSA) is 67.9 Å². The van der Waals surface area contributed by atoms with Gasteiger partial charge in [-0.2, -0.15) is 0 Å². The number of benzene rings is 3. The predicted octanol–water partition coefficient (Wildman–Crippen LogP) is 6.41. The Labute approximate surface area is 236 Å². The van der Waals surface area contributed by atoms with E-state index < -0.39 is 12.0 Å². The first-order valence-corrected chi connectivity index (χ1v) is 13.2. The lowest BCUT2D eigenvalue weighted by Crippen LogP contribution is -2.52. The number of carbonyl (C=O) groups is 2. The second kappa shape index (κ2) is 12.3. The minimum Gasteiger partial charge on any atom is -0.478 e. The Morgan fingerprint density at radius 2 is 1.35 bits per heavy atom. The number of nitrogens with zero attached hydrogens (tertiary/aromatic N) is 1. The molecule has 1 aliphatic heterocycles. The van der Waals surface area contributed by atoms with Crippen molar-refractivity contribution in [3.63, 3.8) is 0 Å². The van der Waals surface area contributed by atoms with Crippen LogP contribution in [0.15, 0.2) is 72.8 Å². The van der Waals surface area contributed by atoms with Crippen LogP contribution in [0.2, 0.25) is 5.02 Å². The van der Waals surface area contributed by atoms with Crippen LogP contribution in [0, 0.1) is 0 Å². The molecule has 1 aliphatic rings. The number of rotatable bonds is 9. The normalized spacial score (nSPS) is 14.9. The zero-order chi connectivity index (χ0) is 28.9. The lowest BCUT2D eigenvalue weighted by atomic mass is 10.0. The molecule has 1 saturated heterocycles. The maximum absolute atomic E-state index is 13.0. The molecule has 1 N–H and O–H groups in total. The van der Waals surface area contributed by atoms with E-state index in [9.17, 15) is 22.8 Å². The van der Waals surface area contributed by atoms with E-state index in [0.717, 1.165) is 31.5 Å². The van der Waals surface area contributed by atoms with Crippen molar-refractivity contribution in [1.82, 2.24) is 10.2 Å². The number of amides is 1. The van der Waals surface area contributed by atoms with E-state index in [1.165, 1.54) is 12.1 Å². The number of alkyl halides is 3. The molecule has 0 saturated carbocycles. The van der Waals surface area contributed by atoms with Gasteiger partial charge in [0.05, 0.1) is 0 Å². The number of hydrogen-bond donors (Lipinski definition) is 1. The minimum atomic E-state index is -4.71. The Hall–Kier alpha value is -3.56. The number of nitrogens with one attached hydrogen (secondary N) is 1. The first kappa shape index (κ1) is 29.4. The fraction of sp³-hybridized carbons (Fsp3) is 0.333. The zero-order valence-corrected chi connectivity index (χ0v) is 22.9. The van der Waals surface area contributed by atoms with Crippen molar-refractivity contribution in [2.24, 2.45) is 0 Å². The summed E-state index contributed by atoms with van der Waals surface area (Å²) in [6.07, 6.45) is -3.24. The number of carbonyl (C=O) groups excluding carboxylic acids is 2. The molecule has 40 heavy (non-hydrogen) atoms. The molecular weight excluding hydrogens is 545 g/mol. The molecular formula is C30H30ClF3N2O4. The van der Waals surface area contributed by atoms with Crippen molar-refractivity contribution < 1.29 is 32.2 Å². The number of ketones is 1. The highest BCUT2D eigenvalue weighted by atomic mass is 35.5. The molecule has 6 nitrogen and oxygen atoms in total. The SMILES string of the molecule is CC(C)(Oc1ccc(C(=O)c2ccc(Cl)cc2)cc1)C(=O)NC1CCN(Cc2ccc(OC(F)(F)F)cc2)CC1. The summed E-state index contributed by atoms with van der Waals surface area (Å²) in [5, 5.41) is 3.62. The summed E-state index contributed by atoms with van der Waals surface area (Å²) in [6.45, 7) is 5.44. The Bertz CT molecular complexity index is 1300. The molecule has 10 heteroatoms. The first-order valence-electron chi connectivity index (χ1n) is 12.9. The fourth-order valence-electron chi connectivity index (χ4n) is 4.43. The molecule has 1 fully saturated rings. The second-order valence-corrected chi connectivity index (χ2v) is 10.6. The highest BCUT2D eigenvalue weighted by molar-refractivity contribution is 6.30. The lowest BCUT2D eigenvalue weighted by molar-refractivity contribution is -0.274. The Balaban J connectivity index is 1.24. The molecule has 0 atom stereocenters. The molecule has 1 heterocycles. The van der Waals surface area contributed by atoms with Gasteiger partial charge in [0, 0.05) is 41.8 Å². The van der Waals surface area contributed by atoms with Gasteiger partial charge in [0.15, 0.2) is 11.4 Å². The van der Waals surface area contributed by atoms with E-state index in [1.54, 1.807) is 74.5 Å². The van der Waals surface area contributed by atoms with Crippen LogP contribution < -0.4 is 14.8 Å². The third kappa shape index (κ3) is 8.22. The van der Waals surface area contributed by atoms with Crippen LogP contribution >= 0.6 is 11.6 Å². The van der Waals surface area contributed by atoms with Crippen LogP contribution in [-0.4, -0.2) is 47.7 Å². The van der Waals surface area contributed by atoms with E-state index in [4.69, 9.17) is 16.3 Å². The minimum absolute atomic E-state index is 0.0199. The third-order valence-corrected chi connectivity index (χ3v) is 6.88. The Morgan fingerprint density at radius 3 is 1.90 bits per heavy atom. The van der Waals surface area contributed by atoms with E-state index >= 15 is 0 Å². The van der Waals surface area contributed by atoms with Crippen molar-refractivity contribution in [1.29, 1.82) is 0 Å². The summed E-state index contributed by atoms with van der Waals surface area (Å²) >= 11 is 5.89. The van der Waals surface area contributed by atoms with Crippen LogP contribution in [0.4, 0.5) is 13.2 Å². The summed E-state index contributed by atoms with van der Waals surface area (Å²) in [6, 6.07) is 19.1. The van der Waals surface area contributed by atoms with Crippen LogP contribution in [0.3, 0.4) is 0 Å². The standard InChI is InChI=1S/C30H30ClF3N2O4/c1-29(2,39-25-13-7-22(8-14-25)27(37)21-5-9-23(31)10-6-21)28(38)35-24-15-17-36(18-16-24)19-20-3-11-26(12-4-20)40-30(32,33)34/h3-14,24H,15-19H2,1-2H3,(H,35,38). The summed E-state index contributed by atoms with van der Waals surface area (Å²) < 4.78 is 46.9. The van der Waals surface area contributed by atoms with E-state index in [0.29, 0.717) is 28.4 Å². The van der Waals surface area contributed by atoms with Crippen LogP contribution in [0.1, 0.15) is 48.2 Å². The van der Waals surface area contributed by atoms with E-state index in [-0.39, 0.29) is 23.5 Å². The molecule has 0 unspecified atom stereocenters. The molecule has 0 radical (unpaired) electrons. The average Bonchev–Trinajstić information content (AvgIpc) is 2.90. The molecule has 4 rings (SSSR count). The molecule has 0 spiro atoms. The van der Waals surface area contributed by atoms with Gasteiger partial charge in [-0.25, -0.2) is 0 Å². The molecule has 1 amide bonds. The maximum Gasteiger partial charge on any atom is 0.573 e. The van der Waals surface area contributed by atoms with Crippen LogP contribution in [-0.2, 0) is 11.3 Å². The van der Waals surface area contributed by atoms with Crippen molar-refractivity contribution in [2.45, 2.75) is 51.2 Å². The molecule has 0 aliphatic carbocycles. The monoisotopic (exact) mass is 574 g/mol. The molecule has 3 aromatic carbocycles. The quantitative estimate of drug-likeness (QED) is 0.299. The Morgan fingerprint density at radius 1 is 0.850 bits per heavy atom. The van der Waals surface area contributed by atoms with Gasteiger partial charge in [-0.1, -0.05) is 23.7 Å². The van der Waals surface area contributed by atoms with Gasteiger partial charge < -0.3 is 14.8 Å². The molecule has 0 bridgehead atoms. The zero-order valence-electron chi connectivity index (χ0n) is 22.1. The largest absolute Gasteiger partial charge is 0.573 e. The number of hydrogen-bond acceptors (Lipinski definition) is 5.